The molecule has 0 radical (unpaired) electrons. The number of likely N-dealkylation sites (N-methyl/N-ethyl adjacent to an activating group) is 1. The molecule has 1 N–H and O–H groups in total. The zero-order valence-corrected chi connectivity index (χ0v) is 14.5. The van der Waals surface area contributed by atoms with E-state index >= 15 is 0 Å². The minimum Gasteiger partial charge on any atom is -0.371 e. The van der Waals surface area contributed by atoms with Crippen LogP contribution in [0.5, 0.6) is 0 Å². The van der Waals surface area contributed by atoms with E-state index in [4.69, 9.17) is 14.7 Å². The first-order valence-electron chi connectivity index (χ1n) is 8.21. The van der Waals surface area contributed by atoms with E-state index in [-0.39, 0.29) is 0 Å². The number of nitrogens with zero attached hydrogens (tertiary/aromatic N) is 2. The molecule has 0 saturated heterocycles. The van der Waals surface area contributed by atoms with Crippen LogP contribution in [0.25, 0.3) is 0 Å². The third-order valence-electron chi connectivity index (χ3n) is 4.25. The second kappa shape index (κ2) is 8.44. The lowest BCUT2D eigenvalue weighted by Crippen LogP contribution is -2.28. The summed E-state index contributed by atoms with van der Waals surface area (Å²) in [6.45, 7) is 12.6. The fraction of sp³-hybridized carbons (Fsp3) is 0.765. The van der Waals surface area contributed by atoms with E-state index in [0.29, 0.717) is 0 Å². The number of methoxy groups -OCH3 is 1. The van der Waals surface area contributed by atoms with E-state index in [1.165, 1.54) is 17.0 Å². The first-order chi connectivity index (χ1) is 10.1. The Hall–Kier alpha value is -1.00. The molecule has 0 fully saturated rings. The van der Waals surface area contributed by atoms with E-state index in [1.807, 2.05) is 0 Å². The second-order valence-corrected chi connectivity index (χ2v) is 5.52. The molecule has 1 atom stereocenters. The van der Waals surface area contributed by atoms with Crippen molar-refractivity contribution in [3.8, 4) is 0 Å². The van der Waals surface area contributed by atoms with Crippen molar-refractivity contribution in [2.45, 2.75) is 65.9 Å². The monoisotopic (exact) mass is 293 g/mol. The zero-order chi connectivity index (χ0) is 15.9. The number of aryl methyl sites for hydroxylation is 2. The lowest BCUT2D eigenvalue weighted by molar-refractivity contribution is -0.00935. The number of aromatic nitrogens is 2. The van der Waals surface area contributed by atoms with Crippen LogP contribution in [0.15, 0.2) is 0 Å². The number of rotatable bonds is 9. The highest BCUT2D eigenvalue weighted by atomic mass is 16.5. The van der Waals surface area contributed by atoms with Gasteiger partial charge in [0, 0.05) is 18.5 Å². The predicted molar refractivity (Wildman–Crippen MR) is 87.7 cm³/mol. The summed E-state index contributed by atoms with van der Waals surface area (Å²) in [5.41, 5.74) is 3.27. The quantitative estimate of drug-likeness (QED) is 0.711. The highest BCUT2D eigenvalue weighted by Gasteiger charge is 2.29. The summed E-state index contributed by atoms with van der Waals surface area (Å²) in [7, 11) is 1.74. The average molecular weight is 293 g/mol. The molecule has 0 aromatic carbocycles. The molecule has 1 rings (SSSR count). The van der Waals surface area contributed by atoms with Crippen LogP contribution in [0.1, 0.15) is 63.8 Å². The third-order valence-corrected chi connectivity index (χ3v) is 4.25. The van der Waals surface area contributed by atoms with Crippen LogP contribution in [0, 0.1) is 0 Å². The lowest BCUT2D eigenvalue weighted by atomic mass is 9.99. The van der Waals surface area contributed by atoms with Crippen LogP contribution < -0.4 is 5.32 Å². The highest BCUT2D eigenvalue weighted by molar-refractivity contribution is 5.28. The maximum atomic E-state index is 5.67. The molecule has 0 saturated carbocycles. The number of nitrogens with one attached hydrogen (secondary N) is 1. The van der Waals surface area contributed by atoms with Gasteiger partial charge in [0.1, 0.15) is 5.60 Å². The molecule has 0 spiro atoms. The summed E-state index contributed by atoms with van der Waals surface area (Å²) in [6.07, 6.45) is 3.74. The Morgan fingerprint density at radius 1 is 1.05 bits per heavy atom. The van der Waals surface area contributed by atoms with Gasteiger partial charge in [-0.05, 0) is 51.3 Å². The van der Waals surface area contributed by atoms with E-state index in [2.05, 4.69) is 39.9 Å². The van der Waals surface area contributed by atoms with E-state index in [9.17, 15) is 0 Å². The smallest absolute Gasteiger partial charge is 0.160 e. The molecule has 21 heavy (non-hydrogen) atoms. The number of hydrogen-bond donors (Lipinski definition) is 1. The van der Waals surface area contributed by atoms with Crippen molar-refractivity contribution in [2.24, 2.45) is 0 Å². The standard InChI is InChI=1S/C17H31N3O/c1-7-14-13(11-12-18-10-4)15(8-2)20-16(19-14)17(5,9-3)21-6/h18H,7-12H2,1-6H3. The fourth-order valence-corrected chi connectivity index (χ4v) is 2.48. The van der Waals surface area contributed by atoms with Gasteiger partial charge in [0.25, 0.3) is 0 Å². The first-order valence-corrected chi connectivity index (χ1v) is 8.21. The molecular formula is C17H31N3O. The second-order valence-electron chi connectivity index (χ2n) is 5.52. The van der Waals surface area contributed by atoms with Crippen molar-refractivity contribution in [2.75, 3.05) is 20.2 Å². The Kier molecular flexibility index (Phi) is 7.26. The first kappa shape index (κ1) is 18.1. The van der Waals surface area contributed by atoms with Crippen molar-refractivity contribution in [3.05, 3.63) is 22.8 Å². The Balaban J connectivity index is 3.22. The van der Waals surface area contributed by atoms with Crippen molar-refractivity contribution in [1.29, 1.82) is 0 Å². The van der Waals surface area contributed by atoms with Crippen molar-refractivity contribution in [1.82, 2.24) is 15.3 Å². The summed E-state index contributed by atoms with van der Waals surface area (Å²) < 4.78 is 5.67. The SMILES string of the molecule is CCNCCc1c(CC)nc(C(C)(CC)OC)nc1CC. The molecular weight excluding hydrogens is 262 g/mol. The molecule has 0 aliphatic heterocycles. The third kappa shape index (κ3) is 4.24. The zero-order valence-electron chi connectivity index (χ0n) is 14.5. The molecule has 1 unspecified atom stereocenters. The lowest BCUT2D eigenvalue weighted by Gasteiger charge is -2.27. The van der Waals surface area contributed by atoms with Crippen molar-refractivity contribution in [3.63, 3.8) is 0 Å². The van der Waals surface area contributed by atoms with Gasteiger partial charge in [-0.2, -0.15) is 0 Å². The highest BCUT2D eigenvalue weighted by Crippen LogP contribution is 2.27. The van der Waals surface area contributed by atoms with Gasteiger partial charge >= 0.3 is 0 Å². The van der Waals surface area contributed by atoms with Gasteiger partial charge in [-0.25, -0.2) is 9.97 Å². The largest absolute Gasteiger partial charge is 0.371 e. The molecule has 4 nitrogen and oxygen atoms in total. The Morgan fingerprint density at radius 3 is 2.00 bits per heavy atom. The molecule has 0 aliphatic rings. The van der Waals surface area contributed by atoms with Gasteiger partial charge in [0.05, 0.1) is 0 Å². The predicted octanol–water partition coefficient (Wildman–Crippen LogP) is 3.03. The van der Waals surface area contributed by atoms with Crippen LogP contribution in [-0.4, -0.2) is 30.2 Å². The Morgan fingerprint density at radius 2 is 1.62 bits per heavy atom. The molecule has 4 heteroatoms. The van der Waals surface area contributed by atoms with Gasteiger partial charge in [0.15, 0.2) is 5.82 Å². The Labute approximate surface area is 129 Å². The summed E-state index contributed by atoms with van der Waals surface area (Å²) in [5.74, 6) is 0.827. The number of hydrogen-bond acceptors (Lipinski definition) is 4. The van der Waals surface area contributed by atoms with E-state index in [0.717, 1.165) is 44.6 Å². The maximum Gasteiger partial charge on any atom is 0.160 e. The van der Waals surface area contributed by atoms with Crippen LogP contribution in [0.4, 0.5) is 0 Å². The molecule has 1 aromatic heterocycles. The molecule has 1 aromatic rings. The van der Waals surface area contributed by atoms with Crippen LogP contribution in [0.2, 0.25) is 0 Å². The molecule has 0 aliphatic carbocycles. The van der Waals surface area contributed by atoms with E-state index < -0.39 is 5.60 Å². The summed E-state index contributed by atoms with van der Waals surface area (Å²) >= 11 is 0. The normalized spacial score (nSPS) is 14.2. The van der Waals surface area contributed by atoms with Gasteiger partial charge < -0.3 is 10.1 Å². The molecule has 0 bridgehead atoms. The topological polar surface area (TPSA) is 47.0 Å². The summed E-state index contributed by atoms with van der Waals surface area (Å²) in [6, 6.07) is 0. The minimum atomic E-state index is -0.395. The molecule has 0 amide bonds. The van der Waals surface area contributed by atoms with Crippen LogP contribution in [-0.2, 0) is 29.6 Å². The molecule has 120 valence electrons. The van der Waals surface area contributed by atoms with Crippen molar-refractivity contribution >= 4 is 0 Å². The molecule has 1 heterocycles. The average Bonchev–Trinajstić information content (AvgIpc) is 2.53. The van der Waals surface area contributed by atoms with Crippen molar-refractivity contribution < 1.29 is 4.74 Å². The Bertz CT molecular complexity index is 417. The fourth-order valence-electron chi connectivity index (χ4n) is 2.48. The maximum absolute atomic E-state index is 5.67. The summed E-state index contributed by atoms with van der Waals surface area (Å²) in [4.78, 5) is 9.66. The number of ether oxygens (including phenoxy) is 1. The summed E-state index contributed by atoms with van der Waals surface area (Å²) in [5, 5.41) is 3.39. The van der Waals surface area contributed by atoms with Gasteiger partial charge in [-0.15, -0.1) is 0 Å². The van der Waals surface area contributed by atoms with Crippen LogP contribution >= 0.6 is 0 Å². The van der Waals surface area contributed by atoms with Gasteiger partial charge in [-0.3, -0.25) is 0 Å². The van der Waals surface area contributed by atoms with E-state index in [1.54, 1.807) is 7.11 Å². The van der Waals surface area contributed by atoms with Gasteiger partial charge in [-0.1, -0.05) is 27.7 Å². The minimum absolute atomic E-state index is 0.395. The van der Waals surface area contributed by atoms with Crippen LogP contribution in [0.3, 0.4) is 0 Å². The van der Waals surface area contributed by atoms with Gasteiger partial charge in [0.2, 0.25) is 0 Å².